The van der Waals surface area contributed by atoms with Crippen LogP contribution in [0.15, 0.2) is 24.3 Å². The van der Waals surface area contributed by atoms with Gasteiger partial charge in [-0.15, -0.1) is 0 Å². The van der Waals surface area contributed by atoms with E-state index in [1.54, 1.807) is 0 Å². The maximum absolute atomic E-state index is 12.8. The van der Waals surface area contributed by atoms with E-state index in [1.165, 1.54) is 6.42 Å². The molecule has 1 aliphatic rings. The molecule has 0 aromatic heterocycles. The van der Waals surface area contributed by atoms with Crippen molar-refractivity contribution in [2.75, 3.05) is 18.5 Å². The van der Waals surface area contributed by atoms with Crippen LogP contribution in [-0.4, -0.2) is 24.7 Å². The first-order chi connectivity index (χ1) is 10.6. The number of hydrogen-bond donors (Lipinski definition) is 1. The van der Waals surface area contributed by atoms with Crippen molar-refractivity contribution in [1.29, 1.82) is 0 Å². The smallest absolute Gasteiger partial charge is 0.256 e. The summed E-state index contributed by atoms with van der Waals surface area (Å²) >= 11 is 0. The molecule has 0 heterocycles. The molecule has 1 aromatic carbocycles. The molecule has 0 saturated heterocycles. The predicted molar refractivity (Wildman–Crippen MR) is 88.2 cm³/mol. The van der Waals surface area contributed by atoms with Gasteiger partial charge in [0.05, 0.1) is 6.61 Å². The van der Waals surface area contributed by atoms with Crippen molar-refractivity contribution < 1.29 is 14.3 Å². The molecule has 122 valence electrons. The second kappa shape index (κ2) is 7.63. The summed E-state index contributed by atoms with van der Waals surface area (Å²) in [6.07, 6.45) is 3.81. The van der Waals surface area contributed by atoms with Crippen LogP contribution < -0.4 is 10.1 Å². The first kappa shape index (κ1) is 16.8. The Morgan fingerprint density at radius 2 is 2.00 bits per heavy atom. The van der Waals surface area contributed by atoms with E-state index in [0.717, 1.165) is 30.7 Å². The second-order valence-electron chi connectivity index (χ2n) is 6.04. The quantitative estimate of drug-likeness (QED) is 0.864. The van der Waals surface area contributed by atoms with Crippen molar-refractivity contribution >= 4 is 11.6 Å². The third-order valence-corrected chi connectivity index (χ3v) is 4.21. The fourth-order valence-corrected chi connectivity index (χ4v) is 3.23. The molecule has 1 aromatic rings. The number of hydrogen-bond acceptors (Lipinski definition) is 3. The van der Waals surface area contributed by atoms with Crippen LogP contribution in [0.5, 0.6) is 5.75 Å². The van der Waals surface area contributed by atoms with Gasteiger partial charge in [-0.3, -0.25) is 4.79 Å². The topological polar surface area (TPSA) is 47.6 Å². The normalized spacial score (nSPS) is 24.8. The van der Waals surface area contributed by atoms with E-state index >= 15 is 0 Å². The summed E-state index contributed by atoms with van der Waals surface area (Å²) in [5, 5.41) is 3.01. The Morgan fingerprint density at radius 3 is 2.59 bits per heavy atom. The summed E-state index contributed by atoms with van der Waals surface area (Å²) in [6, 6.07) is 7.48. The van der Waals surface area contributed by atoms with Crippen molar-refractivity contribution in [3.63, 3.8) is 0 Å². The minimum Gasteiger partial charge on any atom is -0.494 e. The fourth-order valence-electron chi connectivity index (χ4n) is 3.23. The number of nitrogens with one attached hydrogen (secondary N) is 1. The fraction of sp³-hybridized carbons (Fsp3) is 0.611. The maximum atomic E-state index is 12.8. The number of rotatable bonds is 6. The first-order valence-corrected chi connectivity index (χ1v) is 8.28. The number of carbonyl (C=O) groups is 1. The summed E-state index contributed by atoms with van der Waals surface area (Å²) in [5.74, 6) is 1.31. The van der Waals surface area contributed by atoms with E-state index in [2.05, 4.69) is 12.2 Å². The molecule has 0 spiro atoms. The van der Waals surface area contributed by atoms with E-state index in [4.69, 9.17) is 9.47 Å². The summed E-state index contributed by atoms with van der Waals surface area (Å²) in [6.45, 7) is 7.29. The SMILES string of the molecule is CCOc1ccc(NC(=O)[C@@]2(OCC)CCC[C@@H](C)C2)cc1. The van der Waals surface area contributed by atoms with Gasteiger partial charge in [-0.25, -0.2) is 0 Å². The monoisotopic (exact) mass is 305 g/mol. The minimum atomic E-state index is -0.676. The highest BCUT2D eigenvalue weighted by atomic mass is 16.5. The molecule has 4 nitrogen and oxygen atoms in total. The predicted octanol–water partition coefficient (Wildman–Crippen LogP) is 4.01. The molecule has 1 saturated carbocycles. The molecule has 4 heteroatoms. The van der Waals surface area contributed by atoms with Crippen LogP contribution in [0.25, 0.3) is 0 Å². The molecule has 1 aliphatic carbocycles. The Bertz CT molecular complexity index is 482. The average Bonchev–Trinajstić information content (AvgIpc) is 2.50. The molecule has 22 heavy (non-hydrogen) atoms. The molecule has 1 amide bonds. The van der Waals surface area contributed by atoms with Gasteiger partial charge in [0, 0.05) is 12.3 Å². The second-order valence-corrected chi connectivity index (χ2v) is 6.04. The first-order valence-electron chi connectivity index (χ1n) is 8.28. The van der Waals surface area contributed by atoms with Gasteiger partial charge in [-0.2, -0.15) is 0 Å². The van der Waals surface area contributed by atoms with Crippen molar-refractivity contribution in [3.8, 4) is 5.75 Å². The molecular weight excluding hydrogens is 278 g/mol. The van der Waals surface area contributed by atoms with Gasteiger partial charge in [0.2, 0.25) is 0 Å². The molecule has 1 fully saturated rings. The van der Waals surface area contributed by atoms with Crippen LogP contribution >= 0.6 is 0 Å². The van der Waals surface area contributed by atoms with Crippen LogP contribution in [0.3, 0.4) is 0 Å². The zero-order valence-electron chi connectivity index (χ0n) is 13.9. The largest absolute Gasteiger partial charge is 0.494 e. The van der Waals surface area contributed by atoms with Gasteiger partial charge in [0.1, 0.15) is 11.4 Å². The Balaban J connectivity index is 2.07. The third kappa shape index (κ3) is 4.01. The summed E-state index contributed by atoms with van der Waals surface area (Å²) in [5.41, 5.74) is 0.108. The standard InChI is InChI=1S/C18H27NO3/c1-4-21-16-10-8-15(9-11-16)19-17(20)18(22-5-2)12-6-7-14(3)13-18/h8-11,14H,4-7,12-13H2,1-3H3,(H,19,20)/t14-,18-/m1/s1. The molecule has 0 aliphatic heterocycles. The highest BCUT2D eigenvalue weighted by Gasteiger charge is 2.42. The van der Waals surface area contributed by atoms with Gasteiger partial charge in [-0.05, 0) is 63.3 Å². The summed E-state index contributed by atoms with van der Waals surface area (Å²) in [7, 11) is 0. The van der Waals surface area contributed by atoms with Crippen LogP contribution in [0.1, 0.15) is 46.5 Å². The zero-order valence-corrected chi connectivity index (χ0v) is 13.9. The Hall–Kier alpha value is -1.55. The zero-order chi connectivity index (χ0) is 16.0. The van der Waals surface area contributed by atoms with Crippen molar-refractivity contribution in [1.82, 2.24) is 0 Å². The van der Waals surface area contributed by atoms with Crippen molar-refractivity contribution in [2.24, 2.45) is 5.92 Å². The minimum absolute atomic E-state index is 0.0231. The van der Waals surface area contributed by atoms with E-state index < -0.39 is 5.60 Å². The van der Waals surface area contributed by atoms with E-state index in [-0.39, 0.29) is 5.91 Å². The van der Waals surface area contributed by atoms with Crippen LogP contribution in [0, 0.1) is 5.92 Å². The van der Waals surface area contributed by atoms with Gasteiger partial charge in [0.15, 0.2) is 0 Å². The van der Waals surface area contributed by atoms with E-state index in [0.29, 0.717) is 19.1 Å². The Labute approximate surface area is 133 Å². The number of ether oxygens (including phenoxy) is 2. The lowest BCUT2D eigenvalue weighted by molar-refractivity contribution is -0.147. The Kier molecular flexibility index (Phi) is 5.83. The molecule has 0 radical (unpaired) electrons. The number of carbonyl (C=O) groups excluding carboxylic acids is 1. The molecule has 0 bridgehead atoms. The van der Waals surface area contributed by atoms with E-state index in [1.807, 2.05) is 38.1 Å². The lowest BCUT2D eigenvalue weighted by atomic mass is 9.78. The summed E-state index contributed by atoms with van der Waals surface area (Å²) in [4.78, 5) is 12.8. The lowest BCUT2D eigenvalue weighted by Crippen LogP contribution is -2.48. The van der Waals surface area contributed by atoms with E-state index in [9.17, 15) is 4.79 Å². The maximum Gasteiger partial charge on any atom is 0.256 e. The highest BCUT2D eigenvalue weighted by Crippen LogP contribution is 2.36. The molecule has 2 atom stereocenters. The van der Waals surface area contributed by atoms with Crippen molar-refractivity contribution in [3.05, 3.63) is 24.3 Å². The van der Waals surface area contributed by atoms with Crippen LogP contribution in [-0.2, 0) is 9.53 Å². The number of benzene rings is 1. The van der Waals surface area contributed by atoms with Gasteiger partial charge in [-0.1, -0.05) is 13.3 Å². The Morgan fingerprint density at radius 1 is 1.27 bits per heavy atom. The molecule has 0 unspecified atom stereocenters. The van der Waals surface area contributed by atoms with Gasteiger partial charge < -0.3 is 14.8 Å². The van der Waals surface area contributed by atoms with Crippen LogP contribution in [0.4, 0.5) is 5.69 Å². The lowest BCUT2D eigenvalue weighted by Gasteiger charge is -2.38. The molecule has 2 rings (SSSR count). The van der Waals surface area contributed by atoms with Gasteiger partial charge in [0.25, 0.3) is 5.91 Å². The van der Waals surface area contributed by atoms with Crippen molar-refractivity contribution in [2.45, 2.75) is 52.1 Å². The van der Waals surface area contributed by atoms with Gasteiger partial charge >= 0.3 is 0 Å². The number of amides is 1. The highest BCUT2D eigenvalue weighted by molar-refractivity contribution is 5.97. The number of anilines is 1. The summed E-state index contributed by atoms with van der Waals surface area (Å²) < 4.78 is 11.3. The third-order valence-electron chi connectivity index (χ3n) is 4.21. The molecular formula is C18H27NO3. The molecule has 1 N–H and O–H groups in total. The average molecular weight is 305 g/mol. The van der Waals surface area contributed by atoms with Crippen LogP contribution in [0.2, 0.25) is 0 Å².